The monoisotopic (exact) mass is 504 g/mol. The van der Waals surface area contributed by atoms with Gasteiger partial charge in [0.15, 0.2) is 11.4 Å². The van der Waals surface area contributed by atoms with Crippen molar-refractivity contribution in [3.63, 3.8) is 0 Å². The summed E-state index contributed by atoms with van der Waals surface area (Å²) in [6, 6.07) is 5.71. The standard InChI is InChI=1S/C26H34ClN3O5/c1-18(31)10-13-30(14-11-19-6-5-7-21(32)16-19,15-12-28-25(33)35-26(2,3)4)24-29-22-17-20(27)8-9-23(22)34-24/h8-9,16-17H,5-7,10-15H2,1-4H3/p+1. The van der Waals surface area contributed by atoms with Crippen LogP contribution >= 0.6 is 11.6 Å². The van der Waals surface area contributed by atoms with Gasteiger partial charge in [-0.2, -0.15) is 4.98 Å². The molecule has 0 saturated carbocycles. The molecule has 1 aliphatic carbocycles. The number of nitrogens with one attached hydrogen (secondary N) is 1. The lowest BCUT2D eigenvalue weighted by Crippen LogP contribution is -2.55. The van der Waals surface area contributed by atoms with E-state index in [-0.39, 0.29) is 16.0 Å². The lowest BCUT2D eigenvalue weighted by molar-refractivity contribution is -0.117. The van der Waals surface area contributed by atoms with Crippen molar-refractivity contribution in [1.82, 2.24) is 14.8 Å². The number of nitrogens with zero attached hydrogens (tertiary/aromatic N) is 2. The van der Waals surface area contributed by atoms with Gasteiger partial charge in [0.1, 0.15) is 23.4 Å². The van der Waals surface area contributed by atoms with E-state index in [0.717, 1.165) is 18.4 Å². The number of allylic oxidation sites excluding steroid dienone is 1. The predicted octanol–water partition coefficient (Wildman–Crippen LogP) is 5.36. The predicted molar refractivity (Wildman–Crippen MR) is 137 cm³/mol. The first-order chi connectivity index (χ1) is 16.5. The number of alkyl carbamates (subject to hydrolysis) is 1. The molecule has 1 amide bonds. The smallest absolute Gasteiger partial charge is 0.407 e. The van der Waals surface area contributed by atoms with Crippen molar-refractivity contribution in [1.29, 1.82) is 0 Å². The Labute approximate surface area is 211 Å². The van der Waals surface area contributed by atoms with Gasteiger partial charge in [0.05, 0.1) is 26.1 Å². The van der Waals surface area contributed by atoms with Gasteiger partial charge in [-0.25, -0.2) is 9.28 Å². The van der Waals surface area contributed by atoms with Gasteiger partial charge in [-0.3, -0.25) is 9.59 Å². The molecule has 0 aliphatic heterocycles. The third-order valence-corrected chi connectivity index (χ3v) is 6.23. The highest BCUT2D eigenvalue weighted by molar-refractivity contribution is 6.31. The summed E-state index contributed by atoms with van der Waals surface area (Å²) in [7, 11) is 0. The van der Waals surface area contributed by atoms with Gasteiger partial charge in [0.25, 0.3) is 0 Å². The van der Waals surface area contributed by atoms with Gasteiger partial charge in [-0.15, -0.1) is 0 Å². The molecule has 1 heterocycles. The molecule has 1 aromatic heterocycles. The number of hydrogen-bond donors (Lipinski definition) is 1. The molecule has 0 spiro atoms. The van der Waals surface area contributed by atoms with Crippen molar-refractivity contribution in [2.24, 2.45) is 0 Å². The van der Waals surface area contributed by atoms with Crippen molar-refractivity contribution < 1.29 is 23.5 Å². The van der Waals surface area contributed by atoms with Gasteiger partial charge in [-0.05, 0) is 64.8 Å². The fraction of sp³-hybridized carbons (Fsp3) is 0.538. The summed E-state index contributed by atoms with van der Waals surface area (Å²) in [6.07, 6.45) is 4.52. The highest BCUT2D eigenvalue weighted by atomic mass is 35.5. The van der Waals surface area contributed by atoms with Crippen LogP contribution in [0.15, 0.2) is 34.3 Å². The van der Waals surface area contributed by atoms with Crippen LogP contribution in [-0.4, -0.2) is 54.4 Å². The Bertz CT molecular complexity index is 1120. The second kappa shape index (κ2) is 11.4. The van der Waals surface area contributed by atoms with E-state index >= 15 is 0 Å². The number of rotatable bonds is 10. The molecule has 1 atom stereocenters. The molecule has 0 radical (unpaired) electrons. The first-order valence-corrected chi connectivity index (χ1v) is 12.4. The van der Waals surface area contributed by atoms with Crippen molar-refractivity contribution in [2.75, 3.05) is 26.2 Å². The summed E-state index contributed by atoms with van der Waals surface area (Å²) >= 11 is 6.16. The van der Waals surface area contributed by atoms with Crippen LogP contribution in [-0.2, 0) is 14.3 Å². The summed E-state index contributed by atoms with van der Waals surface area (Å²) in [4.78, 5) is 41.0. The topological polar surface area (TPSA) is 98.5 Å². The molecular weight excluding hydrogens is 470 g/mol. The number of fused-ring (bicyclic) bond motifs is 1. The van der Waals surface area contributed by atoms with Gasteiger partial charge < -0.3 is 14.5 Å². The second-order valence-corrected chi connectivity index (χ2v) is 10.6. The van der Waals surface area contributed by atoms with E-state index in [9.17, 15) is 14.4 Å². The minimum Gasteiger partial charge on any atom is -0.444 e. The molecule has 35 heavy (non-hydrogen) atoms. The van der Waals surface area contributed by atoms with E-state index in [4.69, 9.17) is 25.7 Å². The average Bonchev–Trinajstić information content (AvgIpc) is 3.18. The number of ether oxygens (including phenoxy) is 1. The van der Waals surface area contributed by atoms with Crippen LogP contribution in [0.25, 0.3) is 11.1 Å². The molecule has 190 valence electrons. The minimum atomic E-state index is -0.607. The highest BCUT2D eigenvalue weighted by Crippen LogP contribution is 2.31. The number of hydrogen-bond acceptors (Lipinski definition) is 6. The number of quaternary nitrogens is 1. The number of oxazole rings is 1. The molecule has 3 rings (SSSR count). The van der Waals surface area contributed by atoms with Crippen molar-refractivity contribution >= 4 is 46.4 Å². The lowest BCUT2D eigenvalue weighted by atomic mass is 9.96. The number of benzene rings is 1. The van der Waals surface area contributed by atoms with Crippen molar-refractivity contribution in [2.45, 2.75) is 65.4 Å². The summed E-state index contributed by atoms with van der Waals surface area (Å²) in [6.45, 7) is 8.74. The van der Waals surface area contributed by atoms with Crippen LogP contribution < -0.4 is 9.80 Å². The maximum atomic E-state index is 12.3. The molecule has 8 nitrogen and oxygen atoms in total. The molecule has 0 bridgehead atoms. The minimum absolute atomic E-state index is 0.0545. The molecule has 1 aliphatic rings. The maximum Gasteiger partial charge on any atom is 0.407 e. The number of ketones is 2. The SMILES string of the molecule is CC(=O)CC[N+](CCNC(=O)OC(C)(C)C)(CCC1=CC(=O)CCC1)c1nc2cc(Cl)ccc2o1. The highest BCUT2D eigenvalue weighted by Gasteiger charge is 2.37. The number of Topliss-reactive ketones (excluding diaryl/α,β-unsaturated/α-hetero) is 1. The molecule has 1 unspecified atom stereocenters. The van der Waals surface area contributed by atoms with E-state index in [1.54, 1.807) is 31.2 Å². The zero-order valence-corrected chi connectivity index (χ0v) is 21.7. The molecule has 9 heteroatoms. The molecule has 2 aromatic rings. The molecule has 0 fully saturated rings. The lowest BCUT2D eigenvalue weighted by Gasteiger charge is -2.34. The van der Waals surface area contributed by atoms with Crippen molar-refractivity contribution in [3.8, 4) is 0 Å². The Morgan fingerprint density at radius 3 is 2.66 bits per heavy atom. The van der Waals surface area contributed by atoms with E-state index < -0.39 is 11.7 Å². The fourth-order valence-electron chi connectivity index (χ4n) is 4.19. The van der Waals surface area contributed by atoms with Gasteiger partial charge in [0, 0.05) is 17.9 Å². The summed E-state index contributed by atoms with van der Waals surface area (Å²) < 4.78 is 11.8. The maximum absolute atomic E-state index is 12.3. The quantitative estimate of drug-likeness (QED) is 0.437. The van der Waals surface area contributed by atoms with Crippen LogP contribution in [0.1, 0.15) is 59.8 Å². The van der Waals surface area contributed by atoms with Crippen LogP contribution in [0.5, 0.6) is 0 Å². The Hall–Kier alpha value is -2.71. The number of carbonyl (C=O) groups is 3. The Morgan fingerprint density at radius 2 is 1.97 bits per heavy atom. The number of amides is 1. The van der Waals surface area contributed by atoms with Crippen molar-refractivity contribution in [3.05, 3.63) is 34.9 Å². The molecule has 1 aromatic carbocycles. The average molecular weight is 505 g/mol. The van der Waals surface area contributed by atoms with E-state index in [1.165, 1.54) is 0 Å². The first kappa shape index (κ1) is 26.9. The number of carbonyl (C=O) groups excluding carboxylic acids is 3. The van der Waals surface area contributed by atoms with Gasteiger partial charge in [0.2, 0.25) is 0 Å². The number of aromatic nitrogens is 1. The summed E-state index contributed by atoms with van der Waals surface area (Å²) in [5.41, 5.74) is 1.71. The third kappa shape index (κ3) is 7.90. The second-order valence-electron chi connectivity index (χ2n) is 10.2. The van der Waals surface area contributed by atoms with Crippen LogP contribution in [0.3, 0.4) is 0 Å². The third-order valence-electron chi connectivity index (χ3n) is 5.99. The van der Waals surface area contributed by atoms with Crippen LogP contribution in [0.4, 0.5) is 10.8 Å². The Balaban J connectivity index is 1.91. The largest absolute Gasteiger partial charge is 0.444 e. The Kier molecular flexibility index (Phi) is 8.72. The van der Waals surface area contributed by atoms with Gasteiger partial charge >= 0.3 is 12.1 Å². The van der Waals surface area contributed by atoms with Crippen LogP contribution in [0, 0.1) is 0 Å². The van der Waals surface area contributed by atoms with E-state index in [1.807, 2.05) is 20.8 Å². The van der Waals surface area contributed by atoms with Gasteiger partial charge in [-0.1, -0.05) is 17.2 Å². The zero-order valence-electron chi connectivity index (χ0n) is 21.0. The van der Waals surface area contributed by atoms with E-state index in [2.05, 4.69) is 5.32 Å². The Morgan fingerprint density at radius 1 is 1.20 bits per heavy atom. The first-order valence-electron chi connectivity index (χ1n) is 12.1. The fourth-order valence-corrected chi connectivity index (χ4v) is 4.35. The molecule has 1 N–H and O–H groups in total. The number of halogens is 1. The molecule has 0 saturated heterocycles. The summed E-state index contributed by atoms with van der Waals surface area (Å²) in [5, 5.41) is 3.37. The van der Waals surface area contributed by atoms with Crippen LogP contribution in [0.2, 0.25) is 5.02 Å². The normalized spacial score (nSPS) is 16.0. The summed E-state index contributed by atoms with van der Waals surface area (Å²) in [5.74, 6) is 0.204. The zero-order chi connectivity index (χ0) is 25.6. The molecular formula is C26H35ClN3O5+. The van der Waals surface area contributed by atoms with E-state index in [0.29, 0.717) is 67.6 Å².